The van der Waals surface area contributed by atoms with Gasteiger partial charge in [-0.05, 0) is 5.41 Å². The van der Waals surface area contributed by atoms with Crippen molar-refractivity contribution in [2.45, 2.75) is 46.1 Å². The fraction of sp³-hybridized carbons (Fsp3) is 0.818. The van der Waals surface area contributed by atoms with Crippen molar-refractivity contribution in [2.24, 2.45) is 5.41 Å². The highest BCUT2D eigenvalue weighted by molar-refractivity contribution is 5.81. The average molecular weight is 213 g/mol. The molecule has 0 aromatic heterocycles. The van der Waals surface area contributed by atoms with Gasteiger partial charge in [0.2, 0.25) is 0 Å². The highest BCUT2D eigenvalue weighted by Crippen LogP contribution is 2.24. The minimum atomic E-state index is -1.01. The molecule has 0 bridgehead atoms. The van der Waals surface area contributed by atoms with Crippen LogP contribution in [0.1, 0.15) is 40.5 Å². The van der Waals surface area contributed by atoms with E-state index >= 15 is 0 Å². The van der Waals surface area contributed by atoms with Crippen LogP contribution in [0.5, 0.6) is 0 Å². The van der Waals surface area contributed by atoms with Gasteiger partial charge >= 0.3 is 5.97 Å². The second-order valence-electron chi connectivity index (χ2n) is 5.46. The molecule has 1 heterocycles. The zero-order valence-electron chi connectivity index (χ0n) is 9.87. The van der Waals surface area contributed by atoms with Crippen LogP contribution in [-0.4, -0.2) is 29.1 Å². The number of hydrogen-bond donors (Lipinski definition) is 0. The molecular weight excluding hydrogens is 194 g/mol. The molecule has 0 N–H and O–H groups in total. The van der Waals surface area contributed by atoms with Crippen molar-refractivity contribution in [3.05, 3.63) is 5.21 Å². The number of hydrogen-bond acceptors (Lipinski definition) is 3. The van der Waals surface area contributed by atoms with Crippen molar-refractivity contribution < 1.29 is 14.3 Å². The van der Waals surface area contributed by atoms with E-state index in [9.17, 15) is 10.0 Å². The van der Waals surface area contributed by atoms with E-state index in [0.717, 1.165) is 4.74 Å². The number of nitrogens with zero attached hydrogens (tertiary/aromatic N) is 1. The van der Waals surface area contributed by atoms with E-state index in [-0.39, 0.29) is 5.41 Å². The number of carbonyl (C=O) groups is 1. The van der Waals surface area contributed by atoms with Crippen LogP contribution in [0.15, 0.2) is 0 Å². The largest absolute Gasteiger partial charge is 0.623 e. The lowest BCUT2D eigenvalue weighted by molar-refractivity contribution is -0.518. The molecule has 0 aromatic carbocycles. The van der Waals surface area contributed by atoms with Gasteiger partial charge in [-0.2, -0.15) is 4.74 Å². The third-order valence-electron chi connectivity index (χ3n) is 2.49. The maximum Gasteiger partial charge on any atom is 0.379 e. The normalized spacial score (nSPS) is 26.3. The lowest BCUT2D eigenvalue weighted by Crippen LogP contribution is -2.43. The van der Waals surface area contributed by atoms with Gasteiger partial charge in [0, 0.05) is 19.8 Å². The van der Waals surface area contributed by atoms with Crippen molar-refractivity contribution in [3.8, 4) is 0 Å². The van der Waals surface area contributed by atoms with Crippen LogP contribution in [0.2, 0.25) is 0 Å². The van der Waals surface area contributed by atoms with Gasteiger partial charge in [0.25, 0.3) is 5.54 Å². The van der Waals surface area contributed by atoms with Crippen LogP contribution in [0.4, 0.5) is 0 Å². The molecule has 1 aliphatic heterocycles. The Bertz CT molecular complexity index is 291. The number of esters is 1. The molecule has 0 spiro atoms. The smallest absolute Gasteiger partial charge is 0.379 e. The van der Waals surface area contributed by atoms with E-state index in [0.29, 0.717) is 19.4 Å². The Kier molecular flexibility index (Phi) is 3.07. The molecule has 1 atom stereocenters. The molecule has 0 fully saturated rings. The number of hydroxylamine groups is 1. The van der Waals surface area contributed by atoms with Crippen LogP contribution >= 0.6 is 0 Å². The lowest BCUT2D eigenvalue weighted by Gasteiger charge is -2.24. The van der Waals surface area contributed by atoms with E-state index in [4.69, 9.17) is 4.74 Å². The molecule has 0 saturated carbocycles. The number of rotatable bonds is 2. The summed E-state index contributed by atoms with van der Waals surface area (Å²) in [7, 11) is 0. The molecule has 0 amide bonds. The highest BCUT2D eigenvalue weighted by Gasteiger charge is 2.46. The molecule has 0 aromatic rings. The summed E-state index contributed by atoms with van der Waals surface area (Å²) in [6, 6.07) is 0. The fourth-order valence-corrected chi connectivity index (χ4v) is 1.40. The van der Waals surface area contributed by atoms with Gasteiger partial charge in [0.05, 0.1) is 6.61 Å². The Morgan fingerprint density at radius 1 is 1.60 bits per heavy atom. The first-order valence-corrected chi connectivity index (χ1v) is 5.23. The van der Waals surface area contributed by atoms with Gasteiger partial charge in [0.1, 0.15) is 0 Å². The summed E-state index contributed by atoms with van der Waals surface area (Å²) in [6.45, 7) is 7.93. The fourth-order valence-electron chi connectivity index (χ4n) is 1.40. The standard InChI is InChI=1S/C11H19NO3/c1-10(2,3)8-15-9(13)11(4)6-5-7-12(11)14/h7H,5-6,8H2,1-4H3. The number of carbonyl (C=O) groups excluding carboxylic acids is 1. The molecule has 0 aliphatic carbocycles. The second-order valence-corrected chi connectivity index (χ2v) is 5.46. The molecule has 4 nitrogen and oxygen atoms in total. The molecule has 1 rings (SSSR count). The summed E-state index contributed by atoms with van der Waals surface area (Å²) in [5, 5.41) is 11.4. The zero-order chi connectivity index (χ0) is 11.7. The molecule has 0 radical (unpaired) electrons. The molecular formula is C11H19NO3. The molecule has 86 valence electrons. The molecule has 1 aliphatic rings. The predicted molar refractivity (Wildman–Crippen MR) is 57.7 cm³/mol. The monoisotopic (exact) mass is 213 g/mol. The van der Waals surface area contributed by atoms with Crippen LogP contribution in [-0.2, 0) is 9.53 Å². The van der Waals surface area contributed by atoms with Crippen LogP contribution in [0.25, 0.3) is 0 Å². The summed E-state index contributed by atoms with van der Waals surface area (Å²) >= 11 is 0. The summed E-state index contributed by atoms with van der Waals surface area (Å²) in [6.07, 6.45) is 2.68. The van der Waals surface area contributed by atoms with Crippen LogP contribution < -0.4 is 0 Å². The lowest BCUT2D eigenvalue weighted by atomic mass is 9.97. The molecule has 0 saturated heterocycles. The summed E-state index contributed by atoms with van der Waals surface area (Å²) in [5.41, 5.74) is -1.08. The van der Waals surface area contributed by atoms with E-state index in [1.54, 1.807) is 6.92 Å². The molecule has 4 heteroatoms. The van der Waals surface area contributed by atoms with Gasteiger partial charge in [-0.3, -0.25) is 0 Å². The molecule has 15 heavy (non-hydrogen) atoms. The molecule has 1 unspecified atom stereocenters. The van der Waals surface area contributed by atoms with E-state index in [2.05, 4.69) is 0 Å². The maximum absolute atomic E-state index is 11.7. The SMILES string of the molecule is CC(C)(C)COC(=O)C1(C)CCC=[N+]1[O-]. The van der Waals surface area contributed by atoms with Crippen molar-refractivity contribution in [3.63, 3.8) is 0 Å². The third kappa shape index (κ3) is 2.70. The average Bonchev–Trinajstić information content (AvgIpc) is 2.43. The minimum Gasteiger partial charge on any atom is -0.623 e. The quantitative estimate of drug-likeness (QED) is 0.398. The Morgan fingerprint density at radius 2 is 2.20 bits per heavy atom. The van der Waals surface area contributed by atoms with Gasteiger partial charge in [-0.25, -0.2) is 4.79 Å². The first-order valence-electron chi connectivity index (χ1n) is 5.23. The topological polar surface area (TPSA) is 52.4 Å². The second kappa shape index (κ2) is 3.83. The Labute approximate surface area is 90.5 Å². The Morgan fingerprint density at radius 3 is 2.60 bits per heavy atom. The summed E-state index contributed by atoms with van der Waals surface area (Å²) < 4.78 is 5.88. The van der Waals surface area contributed by atoms with Crippen molar-refractivity contribution in [1.82, 2.24) is 0 Å². The predicted octanol–water partition coefficient (Wildman–Crippen LogP) is 1.71. The number of ether oxygens (including phenoxy) is 1. The van der Waals surface area contributed by atoms with Crippen molar-refractivity contribution >= 4 is 12.2 Å². The summed E-state index contributed by atoms with van der Waals surface area (Å²) in [5.74, 6) is -0.416. The summed E-state index contributed by atoms with van der Waals surface area (Å²) in [4.78, 5) is 11.7. The first kappa shape index (κ1) is 12.0. The van der Waals surface area contributed by atoms with E-state index in [1.165, 1.54) is 6.21 Å². The Hall–Kier alpha value is -1.06. The first-order chi connectivity index (χ1) is 6.76. The van der Waals surface area contributed by atoms with Crippen LogP contribution in [0, 0.1) is 10.6 Å². The minimum absolute atomic E-state index is 0.0674. The third-order valence-corrected chi connectivity index (χ3v) is 2.49. The Balaban J connectivity index is 2.58. The van der Waals surface area contributed by atoms with Gasteiger partial charge in [0.15, 0.2) is 6.21 Å². The van der Waals surface area contributed by atoms with E-state index in [1.807, 2.05) is 20.8 Å². The zero-order valence-corrected chi connectivity index (χ0v) is 9.87. The highest BCUT2D eigenvalue weighted by atomic mass is 16.5. The van der Waals surface area contributed by atoms with Gasteiger partial charge in [-0.1, -0.05) is 20.8 Å². The van der Waals surface area contributed by atoms with Gasteiger partial charge in [-0.15, -0.1) is 0 Å². The van der Waals surface area contributed by atoms with Crippen molar-refractivity contribution in [2.75, 3.05) is 6.61 Å². The van der Waals surface area contributed by atoms with Gasteiger partial charge < -0.3 is 9.94 Å². The van der Waals surface area contributed by atoms with Crippen LogP contribution in [0.3, 0.4) is 0 Å². The van der Waals surface area contributed by atoms with E-state index < -0.39 is 11.5 Å². The maximum atomic E-state index is 11.7. The van der Waals surface area contributed by atoms with Crippen molar-refractivity contribution in [1.29, 1.82) is 0 Å².